The number of carbonyl (C=O) groups excluding carboxylic acids is 1. The van der Waals surface area contributed by atoms with Gasteiger partial charge >= 0.3 is 0 Å². The van der Waals surface area contributed by atoms with E-state index in [0.29, 0.717) is 12.3 Å². The summed E-state index contributed by atoms with van der Waals surface area (Å²) >= 11 is 0. The Balaban J connectivity index is 2.00. The van der Waals surface area contributed by atoms with E-state index < -0.39 is 16.1 Å². The minimum Gasteiger partial charge on any atom is -0.481 e. The van der Waals surface area contributed by atoms with Crippen molar-refractivity contribution in [3.63, 3.8) is 0 Å². The zero-order chi connectivity index (χ0) is 17.7. The summed E-state index contributed by atoms with van der Waals surface area (Å²) in [6.45, 7) is 2.42. The molecule has 1 aliphatic rings. The van der Waals surface area contributed by atoms with Crippen molar-refractivity contribution in [2.45, 2.75) is 38.3 Å². The third kappa shape index (κ3) is 5.45. The Morgan fingerprint density at radius 1 is 1.38 bits per heavy atom. The Morgan fingerprint density at radius 3 is 2.67 bits per heavy atom. The van der Waals surface area contributed by atoms with Crippen molar-refractivity contribution >= 4 is 15.9 Å². The summed E-state index contributed by atoms with van der Waals surface area (Å²) in [5.74, 6) is -0.149. The first-order valence-corrected chi connectivity index (χ1v) is 9.83. The predicted molar refractivity (Wildman–Crippen MR) is 88.7 cm³/mol. The number of nitrogens with one attached hydrogen (secondary N) is 1. The van der Waals surface area contributed by atoms with E-state index >= 15 is 0 Å². The van der Waals surface area contributed by atoms with Gasteiger partial charge in [-0.3, -0.25) is 4.79 Å². The normalized spacial score (nSPS) is 19.8. The second-order valence-electron chi connectivity index (χ2n) is 6.02. The fourth-order valence-corrected chi connectivity index (χ4v) is 3.25. The Hall–Kier alpha value is -1.67. The van der Waals surface area contributed by atoms with E-state index in [1.54, 1.807) is 11.8 Å². The molecular formula is C16H23FN2O4S. The van der Waals surface area contributed by atoms with E-state index in [2.05, 4.69) is 4.72 Å². The monoisotopic (exact) mass is 358 g/mol. The van der Waals surface area contributed by atoms with Crippen molar-refractivity contribution in [2.24, 2.45) is 0 Å². The molecule has 2 rings (SSSR count). The molecule has 1 heterocycles. The number of nitrogens with zero attached hydrogens (tertiary/aromatic N) is 1. The SMILES string of the molecule is C[C@@H](Oc1ccc(F)cc1)C(=O)N1CCCC[C@H]1CNS(C)(=O)=O. The van der Waals surface area contributed by atoms with Crippen LogP contribution in [-0.2, 0) is 14.8 Å². The quantitative estimate of drug-likeness (QED) is 0.837. The molecule has 134 valence electrons. The summed E-state index contributed by atoms with van der Waals surface area (Å²) in [5, 5.41) is 0. The first-order valence-electron chi connectivity index (χ1n) is 7.93. The lowest BCUT2D eigenvalue weighted by atomic mass is 10.0. The Labute approximate surface area is 142 Å². The van der Waals surface area contributed by atoms with Gasteiger partial charge in [0.15, 0.2) is 6.10 Å². The van der Waals surface area contributed by atoms with Gasteiger partial charge in [0.05, 0.1) is 6.26 Å². The number of likely N-dealkylation sites (tertiary alicyclic amines) is 1. The highest BCUT2D eigenvalue weighted by Crippen LogP contribution is 2.20. The molecule has 1 aromatic rings. The van der Waals surface area contributed by atoms with Crippen LogP contribution >= 0.6 is 0 Å². The smallest absolute Gasteiger partial charge is 0.263 e. The Morgan fingerprint density at radius 2 is 2.04 bits per heavy atom. The molecule has 1 aliphatic heterocycles. The first-order chi connectivity index (χ1) is 11.3. The van der Waals surface area contributed by atoms with E-state index in [-0.39, 0.29) is 24.3 Å². The zero-order valence-electron chi connectivity index (χ0n) is 13.9. The molecule has 0 unspecified atom stereocenters. The molecule has 1 N–H and O–H groups in total. The molecule has 1 fully saturated rings. The lowest BCUT2D eigenvalue weighted by Crippen LogP contribution is -2.52. The van der Waals surface area contributed by atoms with Crippen molar-refractivity contribution in [2.75, 3.05) is 19.3 Å². The maximum Gasteiger partial charge on any atom is 0.263 e. The molecular weight excluding hydrogens is 335 g/mol. The van der Waals surface area contributed by atoms with Crippen LogP contribution in [0.15, 0.2) is 24.3 Å². The highest BCUT2D eigenvalue weighted by Gasteiger charge is 2.31. The van der Waals surface area contributed by atoms with E-state index in [9.17, 15) is 17.6 Å². The van der Waals surface area contributed by atoms with Crippen molar-refractivity contribution in [3.8, 4) is 5.75 Å². The topological polar surface area (TPSA) is 75.7 Å². The summed E-state index contributed by atoms with van der Waals surface area (Å²) in [5.41, 5.74) is 0. The van der Waals surface area contributed by atoms with Gasteiger partial charge in [-0.1, -0.05) is 0 Å². The average Bonchev–Trinajstić information content (AvgIpc) is 2.54. The van der Waals surface area contributed by atoms with Gasteiger partial charge in [-0.15, -0.1) is 0 Å². The van der Waals surface area contributed by atoms with Crippen molar-refractivity contribution < 1.29 is 22.3 Å². The molecule has 0 radical (unpaired) electrons. The van der Waals surface area contributed by atoms with Crippen LogP contribution in [0.4, 0.5) is 4.39 Å². The van der Waals surface area contributed by atoms with Crippen LogP contribution in [0.2, 0.25) is 0 Å². The maximum absolute atomic E-state index is 12.9. The van der Waals surface area contributed by atoms with Gasteiger partial charge in [-0.25, -0.2) is 17.5 Å². The van der Waals surface area contributed by atoms with E-state index in [0.717, 1.165) is 25.5 Å². The number of benzene rings is 1. The van der Waals surface area contributed by atoms with E-state index in [1.807, 2.05) is 0 Å². The second kappa shape index (κ2) is 7.94. The molecule has 0 aliphatic carbocycles. The van der Waals surface area contributed by atoms with Crippen LogP contribution in [0, 0.1) is 5.82 Å². The van der Waals surface area contributed by atoms with Gasteiger partial charge < -0.3 is 9.64 Å². The molecule has 0 saturated carbocycles. The van der Waals surface area contributed by atoms with Gasteiger partial charge in [0, 0.05) is 19.1 Å². The Bertz CT molecular complexity index is 663. The van der Waals surface area contributed by atoms with E-state index in [4.69, 9.17) is 4.74 Å². The molecule has 1 amide bonds. The molecule has 1 saturated heterocycles. The van der Waals surface area contributed by atoms with Gasteiger partial charge in [0.25, 0.3) is 5.91 Å². The van der Waals surface area contributed by atoms with Crippen LogP contribution in [-0.4, -0.2) is 50.7 Å². The molecule has 0 spiro atoms. The predicted octanol–water partition coefficient (Wildman–Crippen LogP) is 1.52. The van der Waals surface area contributed by atoms with Gasteiger partial charge in [0.1, 0.15) is 11.6 Å². The number of rotatable bonds is 6. The number of piperidine rings is 1. The number of amides is 1. The number of carbonyl (C=O) groups is 1. The Kier molecular flexibility index (Phi) is 6.17. The minimum atomic E-state index is -3.30. The fourth-order valence-electron chi connectivity index (χ4n) is 2.75. The highest BCUT2D eigenvalue weighted by molar-refractivity contribution is 7.88. The summed E-state index contributed by atoms with van der Waals surface area (Å²) in [4.78, 5) is 14.3. The first kappa shape index (κ1) is 18.7. The number of hydrogen-bond donors (Lipinski definition) is 1. The molecule has 0 aromatic heterocycles. The van der Waals surface area contributed by atoms with Crippen molar-refractivity contribution in [1.29, 1.82) is 0 Å². The second-order valence-corrected chi connectivity index (χ2v) is 7.85. The van der Waals surface area contributed by atoms with E-state index in [1.165, 1.54) is 24.3 Å². The van der Waals surface area contributed by atoms with Gasteiger partial charge in [0.2, 0.25) is 10.0 Å². The average molecular weight is 358 g/mol. The molecule has 0 bridgehead atoms. The fraction of sp³-hybridized carbons (Fsp3) is 0.562. The maximum atomic E-state index is 12.9. The van der Waals surface area contributed by atoms with Crippen LogP contribution in [0.25, 0.3) is 0 Å². The van der Waals surface area contributed by atoms with Crippen molar-refractivity contribution in [3.05, 3.63) is 30.1 Å². The van der Waals surface area contributed by atoms with Crippen LogP contribution in [0.3, 0.4) is 0 Å². The molecule has 8 heteroatoms. The van der Waals surface area contributed by atoms with Gasteiger partial charge in [-0.2, -0.15) is 0 Å². The minimum absolute atomic E-state index is 0.180. The van der Waals surface area contributed by atoms with Crippen molar-refractivity contribution in [1.82, 2.24) is 9.62 Å². The summed E-state index contributed by atoms with van der Waals surface area (Å²) in [6, 6.07) is 5.30. The number of ether oxygens (including phenoxy) is 1. The van der Waals surface area contributed by atoms with Crippen LogP contribution < -0.4 is 9.46 Å². The largest absolute Gasteiger partial charge is 0.481 e. The van der Waals surface area contributed by atoms with Crippen LogP contribution in [0.5, 0.6) is 5.75 Å². The molecule has 1 aromatic carbocycles. The zero-order valence-corrected chi connectivity index (χ0v) is 14.7. The van der Waals surface area contributed by atoms with Crippen LogP contribution in [0.1, 0.15) is 26.2 Å². The highest BCUT2D eigenvalue weighted by atomic mass is 32.2. The summed E-state index contributed by atoms with van der Waals surface area (Å²) in [7, 11) is -3.30. The number of hydrogen-bond acceptors (Lipinski definition) is 4. The lowest BCUT2D eigenvalue weighted by Gasteiger charge is -2.37. The van der Waals surface area contributed by atoms with Gasteiger partial charge in [-0.05, 0) is 50.5 Å². The molecule has 24 heavy (non-hydrogen) atoms. The standard InChI is InChI=1S/C16H23FN2O4S/c1-12(23-15-8-6-13(17)7-9-15)16(20)19-10-4-3-5-14(19)11-18-24(2,21)22/h6-9,12,14,18H,3-5,10-11H2,1-2H3/t12-,14+/m1/s1. The number of sulfonamides is 1. The molecule has 6 nitrogen and oxygen atoms in total. The molecule has 2 atom stereocenters. The summed E-state index contributed by atoms with van der Waals surface area (Å²) < 4.78 is 43.5. The number of halogens is 1. The third-order valence-corrected chi connectivity index (χ3v) is 4.66. The lowest BCUT2D eigenvalue weighted by molar-refractivity contribution is -0.141. The summed E-state index contributed by atoms with van der Waals surface area (Å²) in [6.07, 6.45) is 2.95. The third-order valence-electron chi connectivity index (χ3n) is 3.97.